The van der Waals surface area contributed by atoms with Crippen LogP contribution in [-0.4, -0.2) is 21.7 Å². The van der Waals surface area contributed by atoms with Crippen molar-refractivity contribution in [2.75, 3.05) is 4.90 Å². The number of halogens is 1. The molecule has 0 spiro atoms. The predicted molar refractivity (Wildman–Crippen MR) is 102 cm³/mol. The minimum absolute atomic E-state index is 0.150. The Kier molecular flexibility index (Phi) is 4.39. The summed E-state index contributed by atoms with van der Waals surface area (Å²) >= 11 is 0. The van der Waals surface area contributed by atoms with Crippen LogP contribution in [0.5, 0.6) is 0 Å². The molecule has 27 heavy (non-hydrogen) atoms. The number of anilines is 1. The summed E-state index contributed by atoms with van der Waals surface area (Å²) in [6.45, 7) is 2.70. The third-order valence-corrected chi connectivity index (χ3v) is 5.12. The maximum atomic E-state index is 13.5. The summed E-state index contributed by atoms with van der Waals surface area (Å²) in [7, 11) is 0. The third-order valence-electron chi connectivity index (χ3n) is 5.12. The summed E-state index contributed by atoms with van der Waals surface area (Å²) in [6.07, 6.45) is 2.51. The maximum Gasteiger partial charge on any atom is 0.225 e. The zero-order chi connectivity index (χ0) is 19.0. The second kappa shape index (κ2) is 6.87. The Morgan fingerprint density at radius 3 is 2.81 bits per heavy atom. The van der Waals surface area contributed by atoms with E-state index in [9.17, 15) is 9.18 Å². The highest BCUT2D eigenvalue weighted by Gasteiger charge is 2.33. The van der Waals surface area contributed by atoms with E-state index in [1.165, 1.54) is 12.1 Å². The van der Waals surface area contributed by atoms with Crippen molar-refractivity contribution in [2.24, 2.45) is 5.73 Å². The summed E-state index contributed by atoms with van der Waals surface area (Å²) < 4.78 is 15.1. The number of fused-ring (bicyclic) bond motifs is 1. The molecule has 0 saturated carbocycles. The first kappa shape index (κ1) is 17.3. The van der Waals surface area contributed by atoms with E-state index in [0.29, 0.717) is 18.7 Å². The molecule has 0 saturated heterocycles. The van der Waals surface area contributed by atoms with Crippen LogP contribution in [0.2, 0.25) is 0 Å². The molecular weight excluding hydrogens is 343 g/mol. The van der Waals surface area contributed by atoms with E-state index in [4.69, 9.17) is 5.73 Å². The van der Waals surface area contributed by atoms with Crippen LogP contribution in [-0.2, 0) is 11.3 Å². The lowest BCUT2D eigenvalue weighted by molar-refractivity contribution is -0.119. The van der Waals surface area contributed by atoms with Crippen molar-refractivity contribution in [1.29, 1.82) is 0 Å². The third kappa shape index (κ3) is 3.30. The highest BCUT2D eigenvalue weighted by Crippen LogP contribution is 2.38. The molecule has 4 rings (SSSR count). The Balaban J connectivity index is 1.63. The number of carbonyl (C=O) groups excluding carboxylic acids is 1. The Morgan fingerprint density at radius 2 is 2.04 bits per heavy atom. The Labute approximate surface area is 157 Å². The van der Waals surface area contributed by atoms with Crippen molar-refractivity contribution in [3.05, 3.63) is 77.9 Å². The van der Waals surface area contributed by atoms with Gasteiger partial charge in [0.15, 0.2) is 0 Å². The average Bonchev–Trinajstić information content (AvgIpc) is 3.12. The minimum atomic E-state index is -0.291. The molecule has 0 bridgehead atoms. The number of para-hydroxylation sites is 1. The number of benzene rings is 2. The zero-order valence-corrected chi connectivity index (χ0v) is 15.0. The number of primary amides is 1. The molecule has 0 radical (unpaired) electrons. The van der Waals surface area contributed by atoms with Crippen LogP contribution in [0.25, 0.3) is 5.69 Å². The van der Waals surface area contributed by atoms with E-state index in [-0.39, 0.29) is 23.7 Å². The van der Waals surface area contributed by atoms with Gasteiger partial charge in [0.2, 0.25) is 5.91 Å². The molecular formula is C21H21FN4O. The molecule has 3 aromatic rings. The maximum absolute atomic E-state index is 13.5. The molecule has 2 heterocycles. The smallest absolute Gasteiger partial charge is 0.225 e. The van der Waals surface area contributed by atoms with Crippen molar-refractivity contribution in [3.63, 3.8) is 0 Å². The summed E-state index contributed by atoms with van der Waals surface area (Å²) in [5.74, 6) is -0.845. The van der Waals surface area contributed by atoms with Crippen molar-refractivity contribution >= 4 is 11.6 Å². The van der Waals surface area contributed by atoms with Crippen molar-refractivity contribution in [2.45, 2.75) is 31.8 Å². The van der Waals surface area contributed by atoms with E-state index in [0.717, 1.165) is 16.9 Å². The molecule has 1 aliphatic rings. The van der Waals surface area contributed by atoms with Gasteiger partial charge in [-0.2, -0.15) is 5.10 Å². The number of hydrogen-bond acceptors (Lipinski definition) is 3. The van der Waals surface area contributed by atoms with E-state index in [2.05, 4.69) is 16.9 Å². The highest BCUT2D eigenvalue weighted by atomic mass is 19.1. The molecule has 2 unspecified atom stereocenters. The number of rotatable bonds is 4. The number of hydrogen-bond donors (Lipinski definition) is 1. The quantitative estimate of drug-likeness (QED) is 0.772. The lowest BCUT2D eigenvalue weighted by atomic mass is 9.85. The second-order valence-electron chi connectivity index (χ2n) is 6.96. The first-order chi connectivity index (χ1) is 13.0. The SMILES string of the molecule is CC1CC(C(N)=O)c2ccccc2N1Cc1ccn(-c2cccc(F)c2)n1. The molecule has 1 aromatic heterocycles. The number of nitrogens with two attached hydrogens (primary N) is 1. The summed E-state index contributed by atoms with van der Waals surface area (Å²) in [5, 5.41) is 4.59. The van der Waals surface area contributed by atoms with Crippen LogP contribution in [0.4, 0.5) is 10.1 Å². The van der Waals surface area contributed by atoms with Crippen LogP contribution >= 0.6 is 0 Å². The largest absolute Gasteiger partial charge is 0.369 e. The average molecular weight is 364 g/mol. The number of carbonyl (C=O) groups is 1. The van der Waals surface area contributed by atoms with Crippen LogP contribution in [0.15, 0.2) is 60.8 Å². The monoisotopic (exact) mass is 364 g/mol. The molecule has 0 aliphatic carbocycles. The van der Waals surface area contributed by atoms with Crippen molar-refractivity contribution < 1.29 is 9.18 Å². The van der Waals surface area contributed by atoms with Gasteiger partial charge in [0, 0.05) is 17.9 Å². The van der Waals surface area contributed by atoms with Gasteiger partial charge in [-0.1, -0.05) is 24.3 Å². The molecule has 6 heteroatoms. The lowest BCUT2D eigenvalue weighted by Crippen LogP contribution is -2.41. The topological polar surface area (TPSA) is 64.2 Å². The molecule has 138 valence electrons. The van der Waals surface area contributed by atoms with Crippen molar-refractivity contribution in [1.82, 2.24) is 9.78 Å². The van der Waals surface area contributed by atoms with Gasteiger partial charge in [-0.3, -0.25) is 4.79 Å². The minimum Gasteiger partial charge on any atom is -0.369 e. The Bertz CT molecular complexity index is 984. The number of aromatic nitrogens is 2. The van der Waals surface area contributed by atoms with Gasteiger partial charge >= 0.3 is 0 Å². The van der Waals surface area contributed by atoms with E-state index < -0.39 is 0 Å². The first-order valence-corrected chi connectivity index (χ1v) is 8.98. The molecule has 5 nitrogen and oxygen atoms in total. The van der Waals surface area contributed by atoms with Gasteiger partial charge in [0.05, 0.1) is 23.8 Å². The van der Waals surface area contributed by atoms with E-state index in [1.54, 1.807) is 10.7 Å². The van der Waals surface area contributed by atoms with Gasteiger partial charge in [0.25, 0.3) is 0 Å². The molecule has 2 aromatic carbocycles. The van der Waals surface area contributed by atoms with Crippen molar-refractivity contribution in [3.8, 4) is 5.69 Å². The van der Waals surface area contributed by atoms with E-state index in [1.807, 2.05) is 42.6 Å². The summed E-state index contributed by atoms with van der Waals surface area (Å²) in [5.41, 5.74) is 9.15. The predicted octanol–water partition coefficient (Wildman–Crippen LogP) is 3.38. The first-order valence-electron chi connectivity index (χ1n) is 8.98. The fraction of sp³-hybridized carbons (Fsp3) is 0.238. The second-order valence-corrected chi connectivity index (χ2v) is 6.96. The molecule has 2 atom stereocenters. The molecule has 1 amide bonds. The molecule has 2 N–H and O–H groups in total. The Morgan fingerprint density at radius 1 is 1.22 bits per heavy atom. The lowest BCUT2D eigenvalue weighted by Gasteiger charge is -2.39. The van der Waals surface area contributed by atoms with Gasteiger partial charge in [-0.15, -0.1) is 0 Å². The highest BCUT2D eigenvalue weighted by molar-refractivity contribution is 5.85. The molecule has 1 aliphatic heterocycles. The van der Waals surface area contributed by atoms with Crippen LogP contribution in [0.1, 0.15) is 30.5 Å². The van der Waals surface area contributed by atoms with Crippen LogP contribution in [0.3, 0.4) is 0 Å². The normalized spacial score (nSPS) is 19.0. The standard InChI is InChI=1S/C21H21FN4O/c1-14-11-19(21(23)27)18-7-2-3-8-20(18)25(14)13-16-9-10-26(24-16)17-6-4-5-15(22)12-17/h2-10,12,14,19H,11,13H2,1H3,(H2,23,27). The zero-order valence-electron chi connectivity index (χ0n) is 15.0. The number of amides is 1. The van der Waals surface area contributed by atoms with E-state index >= 15 is 0 Å². The van der Waals surface area contributed by atoms with Crippen LogP contribution < -0.4 is 10.6 Å². The Hall–Kier alpha value is -3.15. The van der Waals surface area contributed by atoms with Gasteiger partial charge in [-0.05, 0) is 49.2 Å². The van der Waals surface area contributed by atoms with Gasteiger partial charge in [-0.25, -0.2) is 9.07 Å². The summed E-state index contributed by atoms with van der Waals surface area (Å²) in [6, 6.07) is 16.3. The molecule has 0 fully saturated rings. The van der Waals surface area contributed by atoms with Gasteiger partial charge in [0.1, 0.15) is 5.82 Å². The fourth-order valence-electron chi connectivity index (χ4n) is 3.77. The number of nitrogens with zero attached hydrogens (tertiary/aromatic N) is 3. The van der Waals surface area contributed by atoms with Gasteiger partial charge < -0.3 is 10.6 Å². The fourth-order valence-corrected chi connectivity index (χ4v) is 3.77. The van der Waals surface area contributed by atoms with Crippen LogP contribution in [0, 0.1) is 5.82 Å². The summed E-state index contributed by atoms with van der Waals surface area (Å²) in [4.78, 5) is 14.1.